The maximum absolute atomic E-state index is 6.34. The SMILES string of the molecule is CCC(CC)(OC)C(Cc1ccc(C)cc1Cl)NC. The van der Waals surface area contributed by atoms with Gasteiger partial charge in [0.25, 0.3) is 0 Å². The van der Waals surface area contributed by atoms with E-state index in [4.69, 9.17) is 16.3 Å². The van der Waals surface area contributed by atoms with Gasteiger partial charge >= 0.3 is 0 Å². The van der Waals surface area contributed by atoms with Crippen LogP contribution in [-0.4, -0.2) is 25.8 Å². The van der Waals surface area contributed by atoms with Crippen LogP contribution in [-0.2, 0) is 11.2 Å². The molecule has 0 saturated carbocycles. The second kappa shape index (κ2) is 7.28. The second-order valence-electron chi connectivity index (χ2n) is 5.12. The predicted molar refractivity (Wildman–Crippen MR) is 83.1 cm³/mol. The third kappa shape index (κ3) is 3.71. The first-order chi connectivity index (χ1) is 9.02. The summed E-state index contributed by atoms with van der Waals surface area (Å²) in [4.78, 5) is 0. The number of nitrogens with one attached hydrogen (secondary N) is 1. The third-order valence-electron chi connectivity index (χ3n) is 4.22. The van der Waals surface area contributed by atoms with Gasteiger partial charge in [-0.2, -0.15) is 0 Å². The first kappa shape index (κ1) is 16.5. The summed E-state index contributed by atoms with van der Waals surface area (Å²) >= 11 is 6.34. The smallest absolute Gasteiger partial charge is 0.0828 e. The Morgan fingerprint density at radius 1 is 1.32 bits per heavy atom. The highest BCUT2D eigenvalue weighted by molar-refractivity contribution is 6.31. The van der Waals surface area contributed by atoms with Crippen molar-refractivity contribution in [3.8, 4) is 0 Å². The molecular weight excluding hydrogens is 258 g/mol. The quantitative estimate of drug-likeness (QED) is 0.817. The first-order valence-electron chi connectivity index (χ1n) is 7.00. The molecule has 1 aromatic carbocycles. The summed E-state index contributed by atoms with van der Waals surface area (Å²) in [5.41, 5.74) is 2.23. The van der Waals surface area contributed by atoms with Crippen LogP contribution in [0.5, 0.6) is 0 Å². The lowest BCUT2D eigenvalue weighted by atomic mass is 9.84. The number of aryl methyl sites for hydroxylation is 1. The summed E-state index contributed by atoms with van der Waals surface area (Å²) in [6.07, 6.45) is 2.84. The number of methoxy groups -OCH3 is 1. The van der Waals surface area contributed by atoms with E-state index in [0.717, 1.165) is 24.3 Å². The van der Waals surface area contributed by atoms with Crippen molar-refractivity contribution < 1.29 is 4.74 Å². The van der Waals surface area contributed by atoms with Crippen LogP contribution in [0.15, 0.2) is 18.2 Å². The molecule has 1 unspecified atom stereocenters. The van der Waals surface area contributed by atoms with Crippen LogP contribution in [0.1, 0.15) is 37.8 Å². The molecule has 108 valence electrons. The number of rotatable bonds is 7. The molecule has 0 bridgehead atoms. The summed E-state index contributed by atoms with van der Waals surface area (Å²) < 4.78 is 5.82. The van der Waals surface area contributed by atoms with E-state index in [2.05, 4.69) is 38.2 Å². The molecule has 0 spiro atoms. The molecule has 0 fully saturated rings. The molecule has 1 rings (SSSR count). The maximum Gasteiger partial charge on any atom is 0.0828 e. The van der Waals surface area contributed by atoms with Crippen molar-refractivity contribution in [3.63, 3.8) is 0 Å². The van der Waals surface area contributed by atoms with Gasteiger partial charge in [0.15, 0.2) is 0 Å². The lowest BCUT2D eigenvalue weighted by Crippen LogP contribution is -2.51. The van der Waals surface area contributed by atoms with Crippen LogP contribution in [0.3, 0.4) is 0 Å². The number of ether oxygens (including phenoxy) is 1. The number of hydrogen-bond donors (Lipinski definition) is 1. The average molecular weight is 284 g/mol. The largest absolute Gasteiger partial charge is 0.377 e. The van der Waals surface area contributed by atoms with Crippen molar-refractivity contribution in [1.82, 2.24) is 5.32 Å². The number of benzene rings is 1. The predicted octanol–water partition coefficient (Wildman–Crippen LogP) is 3.98. The Bertz CT molecular complexity index is 393. The molecule has 0 radical (unpaired) electrons. The molecule has 19 heavy (non-hydrogen) atoms. The monoisotopic (exact) mass is 283 g/mol. The van der Waals surface area contributed by atoms with Crippen molar-refractivity contribution in [2.45, 2.75) is 51.7 Å². The number of hydrogen-bond acceptors (Lipinski definition) is 2. The van der Waals surface area contributed by atoms with Crippen molar-refractivity contribution in [2.24, 2.45) is 0 Å². The lowest BCUT2D eigenvalue weighted by molar-refractivity contribution is -0.0454. The Morgan fingerprint density at radius 3 is 2.37 bits per heavy atom. The van der Waals surface area contributed by atoms with Gasteiger partial charge in [-0.15, -0.1) is 0 Å². The molecule has 0 aliphatic carbocycles. The van der Waals surface area contributed by atoms with Crippen molar-refractivity contribution in [3.05, 3.63) is 34.3 Å². The van der Waals surface area contributed by atoms with E-state index >= 15 is 0 Å². The van der Waals surface area contributed by atoms with Crippen LogP contribution in [0.4, 0.5) is 0 Å². The molecule has 2 nitrogen and oxygen atoms in total. The van der Waals surface area contributed by atoms with E-state index in [1.807, 2.05) is 13.1 Å². The van der Waals surface area contributed by atoms with E-state index in [1.165, 1.54) is 11.1 Å². The Kier molecular flexibility index (Phi) is 6.31. The minimum atomic E-state index is -0.136. The van der Waals surface area contributed by atoms with Crippen LogP contribution in [0.25, 0.3) is 0 Å². The topological polar surface area (TPSA) is 21.3 Å². The van der Waals surface area contributed by atoms with Crippen molar-refractivity contribution in [2.75, 3.05) is 14.2 Å². The van der Waals surface area contributed by atoms with Gasteiger partial charge in [0.2, 0.25) is 0 Å². The van der Waals surface area contributed by atoms with Crippen LogP contribution < -0.4 is 5.32 Å². The molecular formula is C16H26ClNO. The van der Waals surface area contributed by atoms with E-state index < -0.39 is 0 Å². The molecule has 0 aliphatic rings. The molecule has 0 aromatic heterocycles. The van der Waals surface area contributed by atoms with Crippen LogP contribution >= 0.6 is 11.6 Å². The fraction of sp³-hybridized carbons (Fsp3) is 0.625. The number of halogens is 1. The Balaban J connectivity index is 2.98. The standard InChI is InChI=1S/C16H26ClNO/c1-6-16(7-2,19-5)15(18-4)11-13-9-8-12(3)10-14(13)17/h8-10,15,18H,6-7,11H2,1-5H3. The average Bonchev–Trinajstić information content (AvgIpc) is 2.42. The van der Waals surface area contributed by atoms with Gasteiger partial charge in [-0.25, -0.2) is 0 Å². The highest BCUT2D eigenvalue weighted by Gasteiger charge is 2.35. The van der Waals surface area contributed by atoms with Crippen molar-refractivity contribution in [1.29, 1.82) is 0 Å². The van der Waals surface area contributed by atoms with E-state index in [-0.39, 0.29) is 11.6 Å². The molecule has 0 saturated heterocycles. The van der Waals surface area contributed by atoms with Crippen LogP contribution in [0, 0.1) is 6.92 Å². The summed E-state index contributed by atoms with van der Waals surface area (Å²) in [5, 5.41) is 4.25. The van der Waals surface area contributed by atoms with Gasteiger partial charge in [0.1, 0.15) is 0 Å². The fourth-order valence-electron chi connectivity index (χ4n) is 2.76. The van der Waals surface area contributed by atoms with Crippen molar-refractivity contribution >= 4 is 11.6 Å². The lowest BCUT2D eigenvalue weighted by Gasteiger charge is -2.38. The van der Waals surface area contributed by atoms with Gasteiger partial charge in [-0.05, 0) is 50.4 Å². The molecule has 1 atom stereocenters. The second-order valence-corrected chi connectivity index (χ2v) is 5.52. The highest BCUT2D eigenvalue weighted by atomic mass is 35.5. The molecule has 0 aliphatic heterocycles. The van der Waals surface area contributed by atoms with Gasteiger partial charge in [0.05, 0.1) is 5.60 Å². The highest BCUT2D eigenvalue weighted by Crippen LogP contribution is 2.28. The zero-order valence-electron chi connectivity index (χ0n) is 12.7. The van der Waals surface area contributed by atoms with Gasteiger partial charge < -0.3 is 10.1 Å². The van der Waals surface area contributed by atoms with E-state index in [0.29, 0.717) is 0 Å². The zero-order chi connectivity index (χ0) is 14.5. The minimum Gasteiger partial charge on any atom is -0.377 e. The van der Waals surface area contributed by atoms with E-state index in [9.17, 15) is 0 Å². The molecule has 3 heteroatoms. The third-order valence-corrected chi connectivity index (χ3v) is 4.57. The van der Waals surface area contributed by atoms with E-state index in [1.54, 1.807) is 7.11 Å². The van der Waals surface area contributed by atoms with Gasteiger partial charge in [-0.3, -0.25) is 0 Å². The summed E-state index contributed by atoms with van der Waals surface area (Å²) in [6.45, 7) is 6.41. The van der Waals surface area contributed by atoms with Gasteiger partial charge in [0, 0.05) is 18.2 Å². The minimum absolute atomic E-state index is 0.136. The normalized spacial score (nSPS) is 13.6. The number of likely N-dealkylation sites (N-methyl/N-ethyl adjacent to an activating group) is 1. The Morgan fingerprint density at radius 2 is 1.95 bits per heavy atom. The van der Waals surface area contributed by atoms with Gasteiger partial charge in [-0.1, -0.05) is 37.6 Å². The summed E-state index contributed by atoms with van der Waals surface area (Å²) in [7, 11) is 3.79. The Labute approximate surface area is 122 Å². The zero-order valence-corrected chi connectivity index (χ0v) is 13.5. The molecule has 1 N–H and O–H groups in total. The summed E-state index contributed by atoms with van der Waals surface area (Å²) in [6, 6.07) is 6.51. The Hall–Kier alpha value is -0.570. The molecule has 0 heterocycles. The maximum atomic E-state index is 6.34. The first-order valence-corrected chi connectivity index (χ1v) is 7.38. The van der Waals surface area contributed by atoms with Crippen LogP contribution in [0.2, 0.25) is 5.02 Å². The summed E-state index contributed by atoms with van der Waals surface area (Å²) in [5.74, 6) is 0. The fourth-order valence-corrected chi connectivity index (χ4v) is 3.07. The molecule has 1 aromatic rings. The molecule has 0 amide bonds.